The third-order valence-corrected chi connectivity index (χ3v) is 1.35. The minimum Gasteiger partial charge on any atom is -0.295 e. The maximum atomic E-state index is 4.09. The Bertz CT molecular complexity index is 199. The van der Waals surface area contributed by atoms with Gasteiger partial charge in [0.05, 0.1) is 0 Å². The zero-order valence-electron chi connectivity index (χ0n) is 11.3. The normalized spacial score (nSPS) is 11.1. The van der Waals surface area contributed by atoms with Gasteiger partial charge in [-0.2, -0.15) is 0 Å². The molecule has 0 fully saturated rings. The van der Waals surface area contributed by atoms with Crippen molar-refractivity contribution >= 4 is 24.9 Å². The average molecular weight is 280 g/mol. The van der Waals surface area contributed by atoms with Crippen LogP contribution in [0.15, 0.2) is 20.0 Å². The van der Waals surface area contributed by atoms with Crippen LogP contribution in [-0.4, -0.2) is 52.0 Å². The predicted octanol–water partition coefficient (Wildman–Crippen LogP) is 2.33. The Morgan fingerprint density at radius 1 is 0.706 bits per heavy atom. The summed E-state index contributed by atoms with van der Waals surface area (Å²) in [5, 5.41) is 0. The number of hydrogen-bond acceptors (Lipinski definition) is 4. The fourth-order valence-corrected chi connectivity index (χ4v) is 0.635. The molecule has 0 saturated carbocycles. The maximum absolute atomic E-state index is 4.09. The quantitative estimate of drug-likeness (QED) is 0.529. The smallest absolute Gasteiger partial charge is 0.0390 e. The van der Waals surface area contributed by atoms with Crippen LogP contribution in [0.5, 0.6) is 0 Å². The van der Waals surface area contributed by atoms with Gasteiger partial charge in [0, 0.05) is 69.1 Å². The van der Waals surface area contributed by atoms with E-state index in [1.807, 2.05) is 0 Å². The molecule has 100 valence electrons. The molecule has 0 aliphatic heterocycles. The Kier molecular flexibility index (Phi) is 30.9. The standard InChI is InChI=1S/C8H16N2.C4H8N2.Fe/c1-3-5-9-7-8-10-6-4-2;1-5-3-4-6-2;/h7-8H,3-6H2,1-2H3;3-4H,1-2H3;. The van der Waals surface area contributed by atoms with Gasteiger partial charge in [-0.15, -0.1) is 0 Å². The van der Waals surface area contributed by atoms with E-state index in [2.05, 4.69) is 33.8 Å². The van der Waals surface area contributed by atoms with Crippen LogP contribution in [-0.2, 0) is 17.1 Å². The second-order valence-corrected chi connectivity index (χ2v) is 2.93. The molecule has 0 aliphatic carbocycles. The van der Waals surface area contributed by atoms with Crippen LogP contribution in [0.1, 0.15) is 26.7 Å². The first-order valence-electron chi connectivity index (χ1n) is 5.64. The minimum absolute atomic E-state index is 0. The molecule has 0 N–H and O–H groups in total. The van der Waals surface area contributed by atoms with E-state index in [0.29, 0.717) is 0 Å². The van der Waals surface area contributed by atoms with E-state index in [1.54, 1.807) is 39.0 Å². The molecule has 0 rings (SSSR count). The molecule has 0 aromatic heterocycles. The van der Waals surface area contributed by atoms with Crippen molar-refractivity contribution in [1.29, 1.82) is 0 Å². The SMILES string of the molecule is CCCN=CC=NCCC.CN=CC=NC.[Fe]. The molecule has 0 aromatic carbocycles. The fourth-order valence-electron chi connectivity index (χ4n) is 0.635. The topological polar surface area (TPSA) is 49.4 Å². The van der Waals surface area contributed by atoms with E-state index in [-0.39, 0.29) is 17.1 Å². The zero-order chi connectivity index (χ0) is 12.5. The van der Waals surface area contributed by atoms with Crippen LogP contribution in [0.2, 0.25) is 0 Å². The average Bonchev–Trinajstić information content (AvgIpc) is 2.32. The molecule has 17 heavy (non-hydrogen) atoms. The Labute approximate surface area is 116 Å². The van der Waals surface area contributed by atoms with Crippen molar-refractivity contribution in [2.75, 3.05) is 27.2 Å². The molecular formula is C12H24FeN4. The van der Waals surface area contributed by atoms with Crippen molar-refractivity contribution in [3.05, 3.63) is 0 Å². The van der Waals surface area contributed by atoms with Gasteiger partial charge < -0.3 is 0 Å². The first-order valence-corrected chi connectivity index (χ1v) is 5.64. The molecule has 0 bridgehead atoms. The Morgan fingerprint density at radius 2 is 1.06 bits per heavy atom. The molecular weight excluding hydrogens is 256 g/mol. The summed E-state index contributed by atoms with van der Waals surface area (Å²) < 4.78 is 0. The molecule has 0 unspecified atom stereocenters. The monoisotopic (exact) mass is 280 g/mol. The summed E-state index contributed by atoms with van der Waals surface area (Å²) in [6, 6.07) is 0. The van der Waals surface area contributed by atoms with Crippen LogP contribution in [0, 0.1) is 0 Å². The van der Waals surface area contributed by atoms with Gasteiger partial charge in [-0.1, -0.05) is 13.8 Å². The van der Waals surface area contributed by atoms with Gasteiger partial charge in [0.1, 0.15) is 0 Å². The van der Waals surface area contributed by atoms with Crippen molar-refractivity contribution in [3.63, 3.8) is 0 Å². The van der Waals surface area contributed by atoms with Crippen LogP contribution in [0.3, 0.4) is 0 Å². The number of aliphatic imine (C=N–C) groups is 4. The Morgan fingerprint density at radius 3 is 1.29 bits per heavy atom. The van der Waals surface area contributed by atoms with Crippen molar-refractivity contribution in [1.82, 2.24) is 0 Å². The molecule has 0 radical (unpaired) electrons. The third-order valence-electron chi connectivity index (χ3n) is 1.35. The summed E-state index contributed by atoms with van der Waals surface area (Å²) in [4.78, 5) is 15.5. The first-order chi connectivity index (χ1) is 7.83. The van der Waals surface area contributed by atoms with Gasteiger partial charge in [0.2, 0.25) is 0 Å². The molecule has 4 nitrogen and oxygen atoms in total. The van der Waals surface area contributed by atoms with Gasteiger partial charge in [-0.3, -0.25) is 20.0 Å². The first kappa shape index (κ1) is 21.5. The summed E-state index contributed by atoms with van der Waals surface area (Å²) in [5.74, 6) is 0. The zero-order valence-corrected chi connectivity index (χ0v) is 12.4. The second kappa shape index (κ2) is 24.4. The summed E-state index contributed by atoms with van der Waals surface area (Å²) in [5.41, 5.74) is 0. The summed E-state index contributed by atoms with van der Waals surface area (Å²) in [6.07, 6.45) is 9.05. The molecule has 0 atom stereocenters. The van der Waals surface area contributed by atoms with E-state index in [0.717, 1.165) is 25.9 Å². The number of rotatable bonds is 6. The largest absolute Gasteiger partial charge is 0.295 e. The predicted molar refractivity (Wildman–Crippen MR) is 76.1 cm³/mol. The van der Waals surface area contributed by atoms with Crippen LogP contribution >= 0.6 is 0 Å². The van der Waals surface area contributed by atoms with Crippen molar-refractivity contribution in [2.45, 2.75) is 26.7 Å². The molecule has 0 amide bonds. The van der Waals surface area contributed by atoms with Crippen LogP contribution in [0.25, 0.3) is 0 Å². The third kappa shape index (κ3) is 31.3. The van der Waals surface area contributed by atoms with Gasteiger partial charge in [0.25, 0.3) is 0 Å². The van der Waals surface area contributed by atoms with Gasteiger partial charge in [-0.05, 0) is 12.8 Å². The number of hydrogen-bond donors (Lipinski definition) is 0. The van der Waals surface area contributed by atoms with Gasteiger partial charge >= 0.3 is 0 Å². The Hall–Kier alpha value is -0.801. The second-order valence-electron chi connectivity index (χ2n) is 2.93. The van der Waals surface area contributed by atoms with E-state index in [4.69, 9.17) is 0 Å². The van der Waals surface area contributed by atoms with E-state index >= 15 is 0 Å². The molecule has 5 heteroatoms. The maximum Gasteiger partial charge on any atom is 0.0390 e. The van der Waals surface area contributed by atoms with Crippen molar-refractivity contribution < 1.29 is 17.1 Å². The number of nitrogens with zero attached hydrogens (tertiary/aromatic N) is 4. The minimum atomic E-state index is 0. The van der Waals surface area contributed by atoms with E-state index in [1.165, 1.54) is 0 Å². The van der Waals surface area contributed by atoms with Gasteiger partial charge in [0.15, 0.2) is 0 Å². The molecule has 0 aliphatic rings. The van der Waals surface area contributed by atoms with Crippen molar-refractivity contribution in [2.24, 2.45) is 20.0 Å². The summed E-state index contributed by atoms with van der Waals surface area (Å²) in [6.45, 7) is 6.05. The molecule has 0 heterocycles. The van der Waals surface area contributed by atoms with Crippen LogP contribution < -0.4 is 0 Å². The molecule has 0 aromatic rings. The van der Waals surface area contributed by atoms with Crippen molar-refractivity contribution in [3.8, 4) is 0 Å². The summed E-state index contributed by atoms with van der Waals surface area (Å²) in [7, 11) is 3.42. The molecule has 0 spiro atoms. The molecule has 0 saturated heterocycles. The fraction of sp³-hybridized carbons (Fsp3) is 0.667. The van der Waals surface area contributed by atoms with Crippen LogP contribution in [0.4, 0.5) is 0 Å². The van der Waals surface area contributed by atoms with E-state index in [9.17, 15) is 0 Å². The summed E-state index contributed by atoms with van der Waals surface area (Å²) >= 11 is 0. The van der Waals surface area contributed by atoms with E-state index < -0.39 is 0 Å². The van der Waals surface area contributed by atoms with Gasteiger partial charge in [-0.25, -0.2) is 0 Å². The Balaban J connectivity index is -0.000000244.